The zero-order valence-electron chi connectivity index (χ0n) is 39.8. The van der Waals surface area contributed by atoms with Crippen LogP contribution < -0.4 is 21.1 Å². The molecule has 0 aliphatic carbocycles. The molecule has 0 aromatic carbocycles. The van der Waals surface area contributed by atoms with Crippen LogP contribution in [0.3, 0.4) is 0 Å². The van der Waals surface area contributed by atoms with E-state index in [-0.39, 0.29) is 48.4 Å². The number of carbonyl (C=O) groups excluding carboxylic acids is 3. The summed E-state index contributed by atoms with van der Waals surface area (Å²) in [4.78, 5) is 29.8. The molecule has 0 aliphatic rings. The van der Waals surface area contributed by atoms with E-state index >= 15 is 0 Å². The zero-order chi connectivity index (χ0) is 49.4. The fourth-order valence-electron chi connectivity index (χ4n) is 4.81. The van der Waals surface area contributed by atoms with E-state index in [4.69, 9.17) is 5.73 Å². The number of unbranched alkanes of at least 4 members (excludes halogenated alkanes) is 6. The summed E-state index contributed by atoms with van der Waals surface area (Å²) in [5.74, 6) is -4.08. The van der Waals surface area contributed by atoms with Gasteiger partial charge in [0.15, 0.2) is 0 Å². The van der Waals surface area contributed by atoms with Crippen LogP contribution in [0.1, 0.15) is 137 Å². The van der Waals surface area contributed by atoms with Gasteiger partial charge in [-0.2, -0.15) is 0 Å². The molecule has 0 saturated heterocycles. The van der Waals surface area contributed by atoms with Crippen LogP contribution in [0.4, 0.5) is 0 Å². The standard InChI is InChI=1S/C20H32O5.C20H34O3.C7H14NO2.C3H6NO2.Mg/c1-2-3-8-12-17(21)13-9-6-4-5-7-10-14-18(22)19(23)15-11-16-20(24)25;1-3-5-11-14-18(21)15-12-9-7-8-10-13-17-20(23)19(22)16-6-4-2;1-6(7(9)10)4-2-3-5-8;1-2(4)3(5)6;/h4-7,9-10,13-14,17-19,21-23H,2-3,8,11-12,15-16H2,1H3,(H,24,25);7-10,12-13,15,17-23H,3-6,11,14,16H2,1-2H3;6H,1-5,8H2,(H,9,10);2,4H,1H3,(H,5,6);/q;;2*-1;+2/p-2/b6-4-,7-5+,13-9+,14-10+;9-7-,10-8+,15-12+,17-13+;;;/t17-,18-,19+;18-,19+,20-;6-;2-;/m1100./s1. The van der Waals surface area contributed by atoms with Crippen LogP contribution in [-0.2, 0) is 14.4 Å². The Balaban J connectivity index is -0.000000274. The topological polar surface area (TPSA) is 293 Å². The van der Waals surface area contributed by atoms with Gasteiger partial charge in [-0.05, 0) is 51.4 Å². The summed E-state index contributed by atoms with van der Waals surface area (Å²) in [5.41, 5.74) is 10.0. The first kappa shape index (κ1) is 70.8. The maximum Gasteiger partial charge on any atom is 2.00 e. The summed E-state index contributed by atoms with van der Waals surface area (Å²) in [6.07, 6.45) is 37.3. The first-order valence-corrected chi connectivity index (χ1v) is 22.8. The summed E-state index contributed by atoms with van der Waals surface area (Å²) in [6.45, 7) is 11.9. The number of allylic oxidation sites excluding steroid dienone is 12. The molecule has 0 heterocycles. The second-order valence-corrected chi connectivity index (χ2v) is 15.1. The summed E-state index contributed by atoms with van der Waals surface area (Å²) >= 11 is 0. The van der Waals surface area contributed by atoms with Gasteiger partial charge in [-0.15, -0.1) is 12.0 Å². The Hall–Kier alpha value is -3.22. The molecule has 0 bridgehead atoms. The number of carbonyl (C=O) groups is 3. The summed E-state index contributed by atoms with van der Waals surface area (Å²) in [6, 6.07) is -1.09. The van der Waals surface area contributed by atoms with Crippen molar-refractivity contribution in [2.45, 2.75) is 180 Å². The molecule has 0 rings (SSSR count). The number of rotatable bonds is 33. The van der Waals surface area contributed by atoms with Crippen LogP contribution in [0.2, 0.25) is 0 Å². The van der Waals surface area contributed by atoms with Crippen molar-refractivity contribution in [1.29, 1.82) is 0 Å². The normalized spacial score (nSPS) is 15.5. The van der Waals surface area contributed by atoms with Gasteiger partial charge in [0.2, 0.25) is 0 Å². The van der Waals surface area contributed by atoms with E-state index in [1.54, 1.807) is 66.8 Å². The number of nitrogens with one attached hydrogen (secondary N) is 1. The van der Waals surface area contributed by atoms with Crippen LogP contribution >= 0.6 is 0 Å². The average molecular weight is 930 g/mol. The Morgan fingerprint density at radius 1 is 0.523 bits per heavy atom. The molecule has 0 radical (unpaired) electrons. The minimum absolute atomic E-state index is 0. The van der Waals surface area contributed by atoms with Crippen LogP contribution in [0.5, 0.6) is 0 Å². The predicted molar refractivity (Wildman–Crippen MR) is 256 cm³/mol. The van der Waals surface area contributed by atoms with Crippen molar-refractivity contribution in [1.82, 2.24) is 0 Å². The summed E-state index contributed by atoms with van der Waals surface area (Å²) < 4.78 is 0. The molecule has 0 saturated carbocycles. The second-order valence-electron chi connectivity index (χ2n) is 15.1. The SMILES string of the molecule is CCCCC[C@@H](O)/C=C/C=C\C=C\C=C\[C@@H](O)[C@@H](O)CCCC.CCCCC[C@@H](O)/C=C/C=C\C=C\C=C\[C@@H](O)[C@@H](O)CCCC(=O)[O-].C[C@H]([NH-])C(=O)[O-].[CH2-][C@@H](CCCC[NH3+])C(=O)[O-].[Mg+2]. The molecule has 10 N–H and O–H groups in total. The molecule has 0 aromatic rings. The van der Waals surface area contributed by atoms with Gasteiger partial charge in [-0.25, -0.2) is 0 Å². The number of aliphatic hydroxyl groups is 6. The van der Waals surface area contributed by atoms with E-state index in [9.17, 15) is 60.3 Å². The summed E-state index contributed by atoms with van der Waals surface area (Å²) in [5, 5.41) is 87.9. The van der Waals surface area contributed by atoms with Gasteiger partial charge in [0.25, 0.3) is 0 Å². The van der Waals surface area contributed by atoms with Crippen molar-refractivity contribution in [3.8, 4) is 0 Å². The fourth-order valence-corrected chi connectivity index (χ4v) is 4.81. The molecule has 370 valence electrons. The molecule has 15 heteroatoms. The minimum Gasteiger partial charge on any atom is -0.670 e. The molecule has 0 unspecified atom stereocenters. The van der Waals surface area contributed by atoms with Gasteiger partial charge in [0.1, 0.15) is 0 Å². The second kappa shape index (κ2) is 53.4. The predicted octanol–water partition coefficient (Wildman–Crippen LogP) is 3.25. The van der Waals surface area contributed by atoms with Gasteiger partial charge in [-0.1, -0.05) is 183 Å². The van der Waals surface area contributed by atoms with Gasteiger partial charge in [0, 0.05) is 17.9 Å². The van der Waals surface area contributed by atoms with Crippen molar-refractivity contribution >= 4 is 41.0 Å². The average Bonchev–Trinajstić information content (AvgIpc) is 3.25. The first-order chi connectivity index (χ1) is 30.4. The number of hydrogen-bond donors (Lipinski definition) is 7. The Morgan fingerprint density at radius 2 is 0.862 bits per heavy atom. The fraction of sp³-hybridized carbons (Fsp3) is 0.600. The van der Waals surface area contributed by atoms with Crippen molar-refractivity contribution in [3.05, 3.63) is 110 Å². The maximum atomic E-state index is 10.3. The number of hydrogen-bond acceptors (Lipinski definition) is 12. The third-order valence-corrected chi connectivity index (χ3v) is 8.86. The van der Waals surface area contributed by atoms with Crippen LogP contribution in [0.15, 0.2) is 97.2 Å². The largest absolute Gasteiger partial charge is 2.00 e. The van der Waals surface area contributed by atoms with Crippen molar-refractivity contribution in [3.63, 3.8) is 0 Å². The molecule has 8 atom stereocenters. The van der Waals surface area contributed by atoms with Crippen LogP contribution in [0, 0.1) is 12.8 Å². The smallest absolute Gasteiger partial charge is 0.670 e. The molecule has 0 spiro atoms. The van der Waals surface area contributed by atoms with E-state index in [2.05, 4.69) is 33.4 Å². The van der Waals surface area contributed by atoms with E-state index in [0.29, 0.717) is 12.8 Å². The van der Waals surface area contributed by atoms with E-state index < -0.39 is 60.4 Å². The molecular weight excluding hydrogens is 845 g/mol. The third kappa shape index (κ3) is 58.8. The van der Waals surface area contributed by atoms with Crippen molar-refractivity contribution < 1.29 is 66.1 Å². The van der Waals surface area contributed by atoms with Gasteiger partial charge in [-0.3, -0.25) is 0 Å². The van der Waals surface area contributed by atoms with Gasteiger partial charge >= 0.3 is 23.1 Å². The van der Waals surface area contributed by atoms with E-state index in [1.165, 1.54) is 19.4 Å². The molecular formula is C50H84MgN2O12-2. The first-order valence-electron chi connectivity index (χ1n) is 22.8. The molecule has 0 fully saturated rings. The van der Waals surface area contributed by atoms with Crippen LogP contribution in [0.25, 0.3) is 5.73 Å². The molecule has 0 amide bonds. The summed E-state index contributed by atoms with van der Waals surface area (Å²) in [7, 11) is 0. The number of carboxylic acids is 3. The van der Waals surface area contributed by atoms with Crippen molar-refractivity contribution in [2.24, 2.45) is 5.92 Å². The Kier molecular flexibility index (Phi) is 58.1. The Labute approximate surface area is 407 Å². The number of aliphatic hydroxyl groups excluding tert-OH is 6. The molecule has 0 aliphatic heterocycles. The number of aliphatic carboxylic acids is 3. The van der Waals surface area contributed by atoms with Gasteiger partial charge < -0.3 is 78.7 Å². The molecule has 14 nitrogen and oxygen atoms in total. The molecule has 65 heavy (non-hydrogen) atoms. The monoisotopic (exact) mass is 929 g/mol. The van der Waals surface area contributed by atoms with E-state index in [1.807, 2.05) is 24.3 Å². The minimum atomic E-state index is -1.32. The maximum absolute atomic E-state index is 10.3. The number of carboxylic acid groups (broad SMARTS) is 3. The van der Waals surface area contributed by atoms with Crippen molar-refractivity contribution in [2.75, 3.05) is 6.54 Å². The number of quaternary nitrogens is 1. The van der Waals surface area contributed by atoms with E-state index in [0.717, 1.165) is 77.2 Å². The van der Waals surface area contributed by atoms with Crippen LogP contribution in [-0.4, -0.2) is 121 Å². The Bertz CT molecular complexity index is 1350. The quantitative estimate of drug-likeness (QED) is 0.0216. The zero-order valence-corrected chi connectivity index (χ0v) is 41.3. The molecule has 0 aromatic heterocycles. The third-order valence-electron chi connectivity index (χ3n) is 8.86. The van der Waals surface area contributed by atoms with Gasteiger partial charge in [0.05, 0.1) is 43.2 Å². The Morgan fingerprint density at radius 3 is 1.18 bits per heavy atom.